The molecule has 292 valence electrons. The number of ether oxygens (including phenoxy) is 14. The summed E-state index contributed by atoms with van der Waals surface area (Å²) in [4.78, 5) is 0. The summed E-state index contributed by atoms with van der Waals surface area (Å²) < 4.78 is 82.6. The predicted molar refractivity (Wildman–Crippen MR) is 191 cm³/mol. The molecule has 2 aromatic carbocycles. The second-order valence-corrected chi connectivity index (χ2v) is 11.3. The Morgan fingerprint density at radius 1 is 0.412 bits per heavy atom. The van der Waals surface area contributed by atoms with Crippen molar-refractivity contribution >= 4 is 0 Å². The summed E-state index contributed by atoms with van der Waals surface area (Å²) >= 11 is 0. The van der Waals surface area contributed by atoms with Crippen molar-refractivity contribution in [3.05, 3.63) is 22.3 Å². The Bertz CT molecular complexity index is 1290. The second kappa shape index (κ2) is 24.7. The fourth-order valence-corrected chi connectivity index (χ4v) is 5.95. The first-order valence-electron chi connectivity index (χ1n) is 17.1. The van der Waals surface area contributed by atoms with Crippen LogP contribution in [0.25, 0.3) is 0 Å². The number of rotatable bonds is 29. The number of benzene rings is 2. The Balaban J connectivity index is 3.31. The lowest BCUT2D eigenvalue weighted by molar-refractivity contribution is -0.0296. The largest absolute Gasteiger partial charge is 0.492 e. The molecule has 0 radical (unpaired) electrons. The molecule has 0 aliphatic heterocycles. The molecule has 0 saturated carbocycles. The third-order valence-electron chi connectivity index (χ3n) is 8.02. The summed E-state index contributed by atoms with van der Waals surface area (Å²) in [5.41, 5.74) is 2.66. The Morgan fingerprint density at radius 3 is 1.18 bits per heavy atom. The molecule has 2 aromatic rings. The Hall–Kier alpha value is -3.40. The predicted octanol–water partition coefficient (Wildman–Crippen LogP) is 6.48. The molecular weight excluding hydrogens is 668 g/mol. The van der Waals surface area contributed by atoms with Gasteiger partial charge in [0.1, 0.15) is 6.79 Å². The normalized spacial score (nSPS) is 11.7. The van der Waals surface area contributed by atoms with Gasteiger partial charge in [-0.1, -0.05) is 33.1 Å². The lowest BCUT2D eigenvalue weighted by atomic mass is 9.82. The minimum Gasteiger partial charge on any atom is -0.492 e. The number of unbranched alkanes of at least 4 members (excludes halogenated alkanes) is 2. The van der Waals surface area contributed by atoms with Gasteiger partial charge >= 0.3 is 0 Å². The van der Waals surface area contributed by atoms with Gasteiger partial charge in [0, 0.05) is 59.0 Å². The number of hydrogen-bond donors (Lipinski definition) is 0. The van der Waals surface area contributed by atoms with Crippen LogP contribution in [0.2, 0.25) is 0 Å². The maximum atomic E-state index is 6.43. The molecule has 14 nitrogen and oxygen atoms in total. The van der Waals surface area contributed by atoms with E-state index in [2.05, 4.69) is 13.8 Å². The fourth-order valence-electron chi connectivity index (χ4n) is 5.95. The second-order valence-electron chi connectivity index (χ2n) is 11.3. The monoisotopic (exact) mass is 728 g/mol. The van der Waals surface area contributed by atoms with Crippen molar-refractivity contribution in [1.29, 1.82) is 0 Å². The van der Waals surface area contributed by atoms with Crippen LogP contribution in [0, 0.1) is 0 Å². The highest BCUT2D eigenvalue weighted by atomic mass is 16.7. The van der Waals surface area contributed by atoms with E-state index in [9.17, 15) is 0 Å². The molecular formula is C37H60O14. The summed E-state index contributed by atoms with van der Waals surface area (Å²) in [5.74, 6) is 2.92. The van der Waals surface area contributed by atoms with E-state index >= 15 is 0 Å². The van der Waals surface area contributed by atoms with Crippen LogP contribution >= 0.6 is 0 Å². The van der Waals surface area contributed by atoms with E-state index < -0.39 is 5.92 Å². The molecule has 14 heteroatoms. The third-order valence-corrected chi connectivity index (χ3v) is 8.02. The van der Waals surface area contributed by atoms with Crippen LogP contribution in [-0.4, -0.2) is 105 Å². The zero-order chi connectivity index (χ0) is 37.6. The van der Waals surface area contributed by atoms with Crippen molar-refractivity contribution < 1.29 is 66.3 Å². The average Bonchev–Trinajstić information content (AvgIpc) is 3.15. The maximum Gasteiger partial charge on any atom is 0.188 e. The van der Waals surface area contributed by atoms with Crippen LogP contribution in [0.15, 0.2) is 0 Å². The first kappa shape index (κ1) is 43.8. The molecule has 0 amide bonds. The minimum absolute atomic E-state index is 0.0236. The molecule has 0 heterocycles. The van der Waals surface area contributed by atoms with E-state index in [1.54, 1.807) is 64.0 Å². The zero-order valence-electron chi connectivity index (χ0n) is 32.5. The lowest BCUT2D eigenvalue weighted by Gasteiger charge is -2.32. The van der Waals surface area contributed by atoms with Crippen molar-refractivity contribution in [2.24, 2.45) is 0 Å². The van der Waals surface area contributed by atoms with Gasteiger partial charge in [0.05, 0.1) is 46.2 Å². The molecule has 0 N–H and O–H groups in total. The van der Waals surface area contributed by atoms with Crippen molar-refractivity contribution in [1.82, 2.24) is 0 Å². The molecule has 2 rings (SSSR count). The highest BCUT2D eigenvalue weighted by Crippen LogP contribution is 2.59. The maximum absolute atomic E-state index is 6.43. The Kier molecular flexibility index (Phi) is 21.2. The average molecular weight is 729 g/mol. The summed E-state index contributed by atoms with van der Waals surface area (Å²) in [5, 5.41) is 0. The molecule has 0 aromatic heterocycles. The minimum atomic E-state index is -0.537. The highest BCUT2D eigenvalue weighted by Gasteiger charge is 2.39. The molecule has 0 aliphatic rings. The van der Waals surface area contributed by atoms with E-state index in [0.717, 1.165) is 31.2 Å². The SMILES string of the molecule is CCCCc1c(OCOC)c(OC)c(C(CCCC)c2c(OC)c(OCOC)c(CCOCOC)c(OC)c2OCOC)c(OCOC)c1OC. The van der Waals surface area contributed by atoms with Gasteiger partial charge in [0.25, 0.3) is 0 Å². The summed E-state index contributed by atoms with van der Waals surface area (Å²) in [6.45, 7) is 4.41. The van der Waals surface area contributed by atoms with E-state index in [1.165, 1.54) is 0 Å². The van der Waals surface area contributed by atoms with Crippen LogP contribution in [0.4, 0.5) is 0 Å². The van der Waals surface area contributed by atoms with E-state index in [0.29, 0.717) is 88.6 Å². The van der Waals surface area contributed by atoms with Crippen LogP contribution in [0.1, 0.15) is 74.1 Å². The Morgan fingerprint density at radius 2 is 0.804 bits per heavy atom. The topological polar surface area (TPSA) is 129 Å². The van der Waals surface area contributed by atoms with Crippen LogP contribution in [0.3, 0.4) is 0 Å². The first-order valence-corrected chi connectivity index (χ1v) is 17.1. The van der Waals surface area contributed by atoms with E-state index in [4.69, 9.17) is 66.3 Å². The van der Waals surface area contributed by atoms with Gasteiger partial charge in [-0.2, -0.15) is 0 Å². The molecule has 0 saturated heterocycles. The summed E-state index contributed by atoms with van der Waals surface area (Å²) in [6.07, 6.45) is 5.05. The molecule has 1 unspecified atom stereocenters. The fraction of sp³-hybridized carbons (Fsp3) is 0.676. The van der Waals surface area contributed by atoms with Crippen LogP contribution in [0.5, 0.6) is 46.0 Å². The quantitative estimate of drug-likeness (QED) is 0.0669. The highest BCUT2D eigenvalue weighted by molar-refractivity contribution is 5.74. The van der Waals surface area contributed by atoms with Crippen molar-refractivity contribution in [3.8, 4) is 46.0 Å². The first-order chi connectivity index (χ1) is 24.9. The molecule has 0 spiro atoms. The van der Waals surface area contributed by atoms with Gasteiger partial charge in [-0.3, -0.25) is 0 Å². The van der Waals surface area contributed by atoms with Crippen LogP contribution in [-0.2, 0) is 41.3 Å². The standard InChI is InChI=1S/C37H60O14/c1-12-14-16-25(28-34(45-10)32(48-21-39-4)26(17-15-13-2)30(43-8)36(28)50-23-41-6)29-35(46-11)33(49-22-40-5)27(18-19-47-20-38-3)31(44-9)37(29)51-24-42-7/h25H,12-24H2,1-11H3. The van der Waals surface area contributed by atoms with Crippen LogP contribution < -0.4 is 37.9 Å². The van der Waals surface area contributed by atoms with Gasteiger partial charge in [-0.25, -0.2) is 0 Å². The van der Waals surface area contributed by atoms with Gasteiger partial charge in [-0.15, -0.1) is 0 Å². The zero-order valence-corrected chi connectivity index (χ0v) is 32.5. The van der Waals surface area contributed by atoms with Gasteiger partial charge in [-0.05, 0) is 19.3 Å². The lowest BCUT2D eigenvalue weighted by Crippen LogP contribution is -2.17. The van der Waals surface area contributed by atoms with E-state index in [-0.39, 0.29) is 34.0 Å². The van der Waals surface area contributed by atoms with Crippen molar-refractivity contribution in [2.45, 2.75) is 64.7 Å². The van der Waals surface area contributed by atoms with Crippen molar-refractivity contribution in [3.63, 3.8) is 0 Å². The molecule has 0 fully saturated rings. The third kappa shape index (κ3) is 11.3. The summed E-state index contributed by atoms with van der Waals surface area (Å²) in [7, 11) is 14.1. The molecule has 1 atom stereocenters. The van der Waals surface area contributed by atoms with Gasteiger partial charge < -0.3 is 66.3 Å². The van der Waals surface area contributed by atoms with E-state index in [1.807, 2.05) is 0 Å². The number of methoxy groups -OCH3 is 9. The van der Waals surface area contributed by atoms with Crippen molar-refractivity contribution in [2.75, 3.05) is 105 Å². The molecule has 0 bridgehead atoms. The smallest absolute Gasteiger partial charge is 0.188 e. The number of hydrogen-bond acceptors (Lipinski definition) is 14. The van der Waals surface area contributed by atoms with Gasteiger partial charge in [0.15, 0.2) is 73.2 Å². The molecule has 0 aliphatic carbocycles. The molecule has 51 heavy (non-hydrogen) atoms. The van der Waals surface area contributed by atoms with Gasteiger partial charge in [0.2, 0.25) is 0 Å². The summed E-state index contributed by atoms with van der Waals surface area (Å²) in [6, 6.07) is 0. The Labute approximate surface area is 303 Å².